The molecule has 1 amide bonds. The van der Waals surface area contributed by atoms with Crippen LogP contribution in [0, 0.1) is 5.92 Å². The van der Waals surface area contributed by atoms with Gasteiger partial charge in [0.2, 0.25) is 0 Å². The third kappa shape index (κ3) is 2.84. The topological polar surface area (TPSA) is 57.6 Å². The van der Waals surface area contributed by atoms with Crippen LogP contribution in [0.15, 0.2) is 77.3 Å². The van der Waals surface area contributed by atoms with Crippen LogP contribution < -0.4 is 4.90 Å². The average Bonchev–Trinajstić information content (AvgIpc) is 2.97. The number of nitrogens with zero attached hydrogens (tertiary/aromatic N) is 1. The highest BCUT2D eigenvalue weighted by molar-refractivity contribution is 9.10. The number of aliphatic hydroxyl groups is 1. The Morgan fingerprint density at radius 2 is 1.73 bits per heavy atom. The monoisotopic (exact) mass is 461 g/mol. The van der Waals surface area contributed by atoms with Gasteiger partial charge in [0.1, 0.15) is 0 Å². The van der Waals surface area contributed by atoms with E-state index in [9.17, 15) is 14.7 Å². The maximum Gasteiger partial charge on any atom is 0.264 e. The van der Waals surface area contributed by atoms with Crippen molar-refractivity contribution in [3.8, 4) is 0 Å². The molecule has 0 fully saturated rings. The number of hydrogen-bond acceptors (Lipinski definition) is 3. The number of amides is 1. The van der Waals surface area contributed by atoms with Crippen LogP contribution in [0.5, 0.6) is 0 Å². The summed E-state index contributed by atoms with van der Waals surface area (Å²) in [5.74, 6) is -1.41. The van der Waals surface area contributed by atoms with Crippen LogP contribution in [-0.2, 0) is 23.4 Å². The van der Waals surface area contributed by atoms with Crippen molar-refractivity contribution in [1.82, 2.24) is 0 Å². The first-order valence-electron chi connectivity index (χ1n) is 10.0. The predicted molar refractivity (Wildman–Crippen MR) is 118 cm³/mol. The molecule has 2 atom stereocenters. The van der Waals surface area contributed by atoms with Crippen molar-refractivity contribution in [2.45, 2.75) is 25.0 Å². The molecule has 0 aromatic heterocycles. The molecule has 2 aliphatic rings. The van der Waals surface area contributed by atoms with Crippen LogP contribution in [0.4, 0.5) is 5.69 Å². The number of carbonyl (C=O) groups is 2. The zero-order chi connectivity index (χ0) is 20.9. The zero-order valence-electron chi connectivity index (χ0n) is 16.2. The van der Waals surface area contributed by atoms with Gasteiger partial charge < -0.3 is 10.0 Å². The number of anilines is 1. The Kier molecular flexibility index (Phi) is 4.60. The summed E-state index contributed by atoms with van der Waals surface area (Å²) in [4.78, 5) is 28.6. The fourth-order valence-corrected chi connectivity index (χ4v) is 5.10. The molecular weight excluding hydrogens is 442 g/mol. The first-order chi connectivity index (χ1) is 14.5. The van der Waals surface area contributed by atoms with Gasteiger partial charge in [-0.3, -0.25) is 9.59 Å². The van der Waals surface area contributed by atoms with E-state index < -0.39 is 17.4 Å². The van der Waals surface area contributed by atoms with Gasteiger partial charge in [0.15, 0.2) is 11.4 Å². The number of ketones is 1. The minimum atomic E-state index is -1.88. The maximum atomic E-state index is 13.7. The lowest BCUT2D eigenvalue weighted by atomic mass is 9.71. The van der Waals surface area contributed by atoms with Crippen molar-refractivity contribution in [2.75, 3.05) is 4.90 Å². The van der Waals surface area contributed by atoms with Crippen molar-refractivity contribution in [3.05, 3.63) is 99.5 Å². The molecule has 150 valence electrons. The van der Waals surface area contributed by atoms with Gasteiger partial charge in [-0.25, -0.2) is 0 Å². The van der Waals surface area contributed by atoms with Crippen LogP contribution >= 0.6 is 15.9 Å². The molecule has 4 nitrogen and oxygen atoms in total. The van der Waals surface area contributed by atoms with Crippen LogP contribution in [0.2, 0.25) is 0 Å². The Bertz CT molecular complexity index is 1160. The summed E-state index contributed by atoms with van der Waals surface area (Å²) >= 11 is 3.46. The summed E-state index contributed by atoms with van der Waals surface area (Å²) in [6, 6.07) is 22.6. The van der Waals surface area contributed by atoms with Crippen LogP contribution in [0.3, 0.4) is 0 Å². The first kappa shape index (κ1) is 19.2. The van der Waals surface area contributed by atoms with Crippen molar-refractivity contribution in [3.63, 3.8) is 0 Å². The minimum Gasteiger partial charge on any atom is -0.375 e. The van der Waals surface area contributed by atoms with E-state index in [0.717, 1.165) is 15.6 Å². The number of fused-ring (bicyclic) bond motifs is 2. The molecule has 5 heteroatoms. The molecule has 30 heavy (non-hydrogen) atoms. The number of aryl methyl sites for hydroxylation is 1. The highest BCUT2D eigenvalue weighted by atomic mass is 79.9. The summed E-state index contributed by atoms with van der Waals surface area (Å²) < 4.78 is 0.762. The van der Waals surface area contributed by atoms with E-state index in [2.05, 4.69) is 15.9 Å². The lowest BCUT2D eigenvalue weighted by Crippen LogP contribution is -2.49. The van der Waals surface area contributed by atoms with E-state index in [1.807, 2.05) is 60.7 Å². The SMILES string of the molecule is O=C1c2ccccc2CC[C@@H]1[C@@]1(O)C(=O)N(Cc2ccccc2)c2ccc(Br)cc21. The summed E-state index contributed by atoms with van der Waals surface area (Å²) in [5, 5.41) is 11.9. The van der Waals surface area contributed by atoms with E-state index >= 15 is 0 Å². The van der Waals surface area contributed by atoms with E-state index in [4.69, 9.17) is 0 Å². The Morgan fingerprint density at radius 1 is 1.00 bits per heavy atom. The van der Waals surface area contributed by atoms with Crippen molar-refractivity contribution < 1.29 is 14.7 Å². The number of benzene rings is 3. The summed E-state index contributed by atoms with van der Waals surface area (Å²) in [6.07, 6.45) is 1.09. The molecule has 1 aliphatic heterocycles. The molecule has 3 aromatic carbocycles. The Labute approximate surface area is 183 Å². The molecule has 0 bridgehead atoms. The maximum absolute atomic E-state index is 13.7. The zero-order valence-corrected chi connectivity index (χ0v) is 17.8. The number of hydrogen-bond donors (Lipinski definition) is 1. The van der Waals surface area contributed by atoms with Gasteiger partial charge in [0.05, 0.1) is 18.2 Å². The lowest BCUT2D eigenvalue weighted by molar-refractivity contribution is -0.140. The predicted octanol–water partition coefficient (Wildman–Crippen LogP) is 4.63. The van der Waals surface area contributed by atoms with E-state index in [-0.39, 0.29) is 5.78 Å². The second-order valence-corrected chi connectivity index (χ2v) is 8.83. The normalized spacial score (nSPS) is 22.7. The van der Waals surface area contributed by atoms with Crippen LogP contribution in [0.1, 0.15) is 33.5 Å². The smallest absolute Gasteiger partial charge is 0.264 e. The van der Waals surface area contributed by atoms with Crippen LogP contribution in [-0.4, -0.2) is 16.8 Å². The van der Waals surface area contributed by atoms with Gasteiger partial charge in [0.25, 0.3) is 5.91 Å². The third-order valence-corrected chi connectivity index (χ3v) is 6.71. The third-order valence-electron chi connectivity index (χ3n) is 6.22. The molecule has 1 N–H and O–H groups in total. The molecular formula is C25H20BrNO3. The van der Waals surface area contributed by atoms with E-state index in [1.54, 1.807) is 17.0 Å². The molecule has 5 rings (SSSR count). The first-order valence-corrected chi connectivity index (χ1v) is 10.8. The molecule has 1 aliphatic carbocycles. The summed E-state index contributed by atoms with van der Waals surface area (Å²) in [5.41, 5.74) is 1.82. The minimum absolute atomic E-state index is 0.166. The quantitative estimate of drug-likeness (QED) is 0.618. The average molecular weight is 462 g/mol. The molecule has 0 saturated carbocycles. The number of Topliss-reactive ketones (excluding diaryl/α,β-unsaturated/α-hetero) is 1. The fraction of sp³-hybridized carbons (Fsp3) is 0.200. The number of carbonyl (C=O) groups excluding carboxylic acids is 2. The highest BCUT2D eigenvalue weighted by Crippen LogP contribution is 2.49. The van der Waals surface area contributed by atoms with Gasteiger partial charge in [0, 0.05) is 15.6 Å². The second kappa shape index (κ2) is 7.18. The van der Waals surface area contributed by atoms with Gasteiger partial charge in [-0.2, -0.15) is 0 Å². The number of rotatable bonds is 3. The largest absolute Gasteiger partial charge is 0.375 e. The molecule has 3 aromatic rings. The summed E-state index contributed by atoms with van der Waals surface area (Å²) in [6.45, 7) is 0.341. The van der Waals surface area contributed by atoms with Gasteiger partial charge in [-0.05, 0) is 42.2 Å². The lowest BCUT2D eigenvalue weighted by Gasteiger charge is -2.34. The van der Waals surface area contributed by atoms with Crippen LogP contribution in [0.25, 0.3) is 0 Å². The van der Waals surface area contributed by atoms with Crippen molar-refractivity contribution in [2.24, 2.45) is 5.92 Å². The van der Waals surface area contributed by atoms with Crippen molar-refractivity contribution in [1.29, 1.82) is 0 Å². The second-order valence-electron chi connectivity index (χ2n) is 7.92. The van der Waals surface area contributed by atoms with E-state index in [1.165, 1.54) is 0 Å². The van der Waals surface area contributed by atoms with Gasteiger partial charge in [-0.1, -0.05) is 70.5 Å². The Morgan fingerprint density at radius 3 is 2.53 bits per heavy atom. The fourth-order valence-electron chi connectivity index (χ4n) is 4.73. The molecule has 1 heterocycles. The van der Waals surface area contributed by atoms with Crippen molar-refractivity contribution >= 4 is 33.3 Å². The Hall–Kier alpha value is -2.76. The molecule has 0 radical (unpaired) electrons. The standard InChI is InChI=1S/C25H20BrNO3/c26-18-11-13-22-21(14-18)25(30,24(29)27(22)15-16-6-2-1-3-7-16)20-12-10-17-8-4-5-9-19(17)23(20)28/h1-9,11,13-14,20,30H,10,12,15H2/t20-,25-/m0/s1. The van der Waals surface area contributed by atoms with Gasteiger partial charge >= 0.3 is 0 Å². The molecule has 0 spiro atoms. The Balaban J connectivity index is 1.61. The van der Waals surface area contributed by atoms with Gasteiger partial charge in [-0.15, -0.1) is 0 Å². The molecule has 0 saturated heterocycles. The molecule has 0 unspecified atom stereocenters. The summed E-state index contributed by atoms with van der Waals surface area (Å²) in [7, 11) is 0. The number of halogens is 1. The highest BCUT2D eigenvalue weighted by Gasteiger charge is 2.57. The van der Waals surface area contributed by atoms with E-state index in [0.29, 0.717) is 36.2 Å².